The summed E-state index contributed by atoms with van der Waals surface area (Å²) in [5, 5.41) is 3.09. The van der Waals surface area contributed by atoms with Crippen molar-refractivity contribution in [1.82, 2.24) is 14.4 Å². The third-order valence-electron chi connectivity index (χ3n) is 6.67. The van der Waals surface area contributed by atoms with Crippen LogP contribution < -0.4 is 5.32 Å². The lowest BCUT2D eigenvalue weighted by molar-refractivity contribution is -0.117. The van der Waals surface area contributed by atoms with E-state index in [-0.39, 0.29) is 11.9 Å². The van der Waals surface area contributed by atoms with Crippen molar-refractivity contribution in [3.05, 3.63) is 51.8 Å². The molecule has 0 aliphatic carbocycles. The first-order valence-electron chi connectivity index (χ1n) is 11.3. The van der Waals surface area contributed by atoms with Gasteiger partial charge in [-0.15, -0.1) is 0 Å². The highest BCUT2D eigenvalue weighted by molar-refractivity contribution is 5.94. The minimum Gasteiger partial charge on any atom is -0.465 e. The number of methoxy groups -OCH3 is 1. The number of amides is 1. The second-order valence-corrected chi connectivity index (χ2v) is 8.80. The molecule has 0 atom stereocenters. The van der Waals surface area contributed by atoms with Gasteiger partial charge in [0.2, 0.25) is 5.91 Å². The molecule has 2 heterocycles. The largest absolute Gasteiger partial charge is 0.465 e. The Morgan fingerprint density at radius 1 is 0.969 bits per heavy atom. The number of carbonyl (C=O) groups excluding carboxylic acids is 2. The molecular formula is C25H36N4O3. The first-order chi connectivity index (χ1) is 15.2. The molecule has 7 heteroatoms. The van der Waals surface area contributed by atoms with Gasteiger partial charge in [0.15, 0.2) is 0 Å². The van der Waals surface area contributed by atoms with E-state index in [4.69, 9.17) is 4.74 Å². The second-order valence-electron chi connectivity index (χ2n) is 8.80. The smallest absolute Gasteiger partial charge is 0.340 e. The molecule has 1 aliphatic heterocycles. The molecule has 0 saturated carbocycles. The molecule has 32 heavy (non-hydrogen) atoms. The Bertz CT molecular complexity index is 975. The molecule has 1 aliphatic rings. The number of hydrogen-bond acceptors (Lipinski definition) is 5. The number of nitrogens with one attached hydrogen (secondary N) is 1. The van der Waals surface area contributed by atoms with E-state index in [2.05, 4.69) is 26.6 Å². The highest BCUT2D eigenvalue weighted by atomic mass is 16.5. The van der Waals surface area contributed by atoms with Crippen LogP contribution in [0.2, 0.25) is 0 Å². The molecule has 1 fully saturated rings. The number of rotatable bonds is 6. The highest BCUT2D eigenvalue weighted by Crippen LogP contribution is 2.24. The minimum absolute atomic E-state index is 0.0263. The minimum atomic E-state index is -0.277. The fourth-order valence-electron chi connectivity index (χ4n) is 4.55. The van der Waals surface area contributed by atoms with Crippen molar-refractivity contribution in [3.8, 4) is 0 Å². The number of ether oxygens (including phenoxy) is 1. The fraction of sp³-hybridized carbons (Fsp3) is 0.520. The zero-order valence-corrected chi connectivity index (χ0v) is 20.2. The Morgan fingerprint density at radius 3 is 2.25 bits per heavy atom. The van der Waals surface area contributed by atoms with Crippen LogP contribution in [0.4, 0.5) is 5.69 Å². The summed E-state index contributed by atoms with van der Waals surface area (Å²) in [6, 6.07) is 6.04. The van der Waals surface area contributed by atoms with Crippen molar-refractivity contribution in [3.63, 3.8) is 0 Å². The maximum absolute atomic E-state index is 12.7. The molecule has 174 valence electrons. The predicted octanol–water partition coefficient (Wildman–Crippen LogP) is 3.19. The van der Waals surface area contributed by atoms with Gasteiger partial charge in [0.25, 0.3) is 0 Å². The van der Waals surface area contributed by atoms with Crippen molar-refractivity contribution in [2.75, 3.05) is 45.2 Å². The van der Waals surface area contributed by atoms with E-state index >= 15 is 0 Å². The van der Waals surface area contributed by atoms with E-state index in [0.29, 0.717) is 18.7 Å². The summed E-state index contributed by atoms with van der Waals surface area (Å²) < 4.78 is 7.10. The lowest BCUT2D eigenvalue weighted by Crippen LogP contribution is -2.36. The molecule has 0 bridgehead atoms. The van der Waals surface area contributed by atoms with Crippen molar-refractivity contribution in [2.45, 2.75) is 40.7 Å². The van der Waals surface area contributed by atoms with Crippen LogP contribution in [0, 0.1) is 27.7 Å². The van der Waals surface area contributed by atoms with Gasteiger partial charge in [-0.3, -0.25) is 14.6 Å². The van der Waals surface area contributed by atoms with Gasteiger partial charge in [0.05, 0.1) is 19.2 Å². The van der Waals surface area contributed by atoms with Crippen LogP contribution in [0.25, 0.3) is 0 Å². The van der Waals surface area contributed by atoms with Crippen LogP contribution in [-0.4, -0.2) is 66.1 Å². The number of esters is 1. The third kappa shape index (κ3) is 5.22. The van der Waals surface area contributed by atoms with Gasteiger partial charge >= 0.3 is 5.97 Å². The van der Waals surface area contributed by atoms with Gasteiger partial charge in [-0.1, -0.05) is 18.2 Å². The van der Waals surface area contributed by atoms with E-state index in [1.54, 1.807) is 0 Å². The van der Waals surface area contributed by atoms with E-state index in [1.807, 2.05) is 46.0 Å². The maximum Gasteiger partial charge on any atom is 0.340 e. The Hall–Kier alpha value is -2.64. The molecule has 0 unspecified atom stereocenters. The third-order valence-corrected chi connectivity index (χ3v) is 6.67. The second kappa shape index (κ2) is 10.3. The summed E-state index contributed by atoms with van der Waals surface area (Å²) in [4.78, 5) is 29.7. The molecule has 1 N–H and O–H groups in total. The number of aromatic nitrogens is 1. The maximum atomic E-state index is 12.7. The van der Waals surface area contributed by atoms with Gasteiger partial charge in [-0.25, -0.2) is 4.79 Å². The zero-order chi connectivity index (χ0) is 23.4. The first kappa shape index (κ1) is 24.0. The number of benzene rings is 1. The normalized spacial score (nSPS) is 15.4. The lowest BCUT2D eigenvalue weighted by Gasteiger charge is -2.22. The van der Waals surface area contributed by atoms with Crippen LogP contribution >= 0.6 is 0 Å². The predicted molar refractivity (Wildman–Crippen MR) is 127 cm³/mol. The van der Waals surface area contributed by atoms with Crippen LogP contribution in [-0.2, 0) is 23.1 Å². The fourth-order valence-corrected chi connectivity index (χ4v) is 4.55. The van der Waals surface area contributed by atoms with Crippen molar-refractivity contribution in [2.24, 2.45) is 7.05 Å². The van der Waals surface area contributed by atoms with E-state index < -0.39 is 0 Å². The number of carbonyl (C=O) groups is 2. The van der Waals surface area contributed by atoms with Crippen molar-refractivity contribution >= 4 is 17.6 Å². The lowest BCUT2D eigenvalue weighted by atomic mass is 10.1. The average molecular weight is 441 g/mol. The number of hydrogen-bond donors (Lipinski definition) is 1. The van der Waals surface area contributed by atoms with Gasteiger partial charge in [-0.05, 0) is 58.3 Å². The molecular weight excluding hydrogens is 404 g/mol. The number of anilines is 1. The molecule has 7 nitrogen and oxygen atoms in total. The topological polar surface area (TPSA) is 66.8 Å². The highest BCUT2D eigenvalue weighted by Gasteiger charge is 2.25. The molecule has 1 amide bonds. The molecule has 1 aromatic heterocycles. The quantitative estimate of drug-likeness (QED) is 0.699. The first-order valence-corrected chi connectivity index (χ1v) is 11.3. The SMILES string of the molecule is COC(=O)c1c(CN2CCCN(CC(=O)Nc3c(C)cccc3C)CC2)c(C)n(C)c1C. The van der Waals surface area contributed by atoms with Crippen molar-refractivity contribution in [1.29, 1.82) is 0 Å². The molecule has 3 rings (SSSR count). The van der Waals surface area contributed by atoms with Crippen LogP contribution in [0.3, 0.4) is 0 Å². The van der Waals surface area contributed by atoms with Crippen LogP contribution in [0.15, 0.2) is 18.2 Å². The Balaban J connectivity index is 1.62. The standard InChI is InChI=1S/C25H36N4O3/c1-17-9-7-10-18(2)24(17)26-22(30)16-29-12-8-11-28(13-14-29)15-21-19(3)27(5)20(4)23(21)25(31)32-6/h7,9-10H,8,11-16H2,1-6H3,(H,26,30). The zero-order valence-electron chi connectivity index (χ0n) is 20.2. The monoisotopic (exact) mass is 440 g/mol. The Kier molecular flexibility index (Phi) is 7.74. The average Bonchev–Trinajstić information content (AvgIpc) is 2.91. The Morgan fingerprint density at radius 2 is 1.59 bits per heavy atom. The Labute approximate surface area is 191 Å². The summed E-state index contributed by atoms with van der Waals surface area (Å²) >= 11 is 0. The van der Waals surface area contributed by atoms with Gasteiger partial charge < -0.3 is 14.6 Å². The van der Waals surface area contributed by atoms with Crippen LogP contribution in [0.5, 0.6) is 0 Å². The van der Waals surface area contributed by atoms with Gasteiger partial charge in [-0.2, -0.15) is 0 Å². The molecule has 1 aromatic carbocycles. The summed E-state index contributed by atoms with van der Waals surface area (Å²) in [7, 11) is 3.42. The molecule has 0 radical (unpaired) electrons. The van der Waals surface area contributed by atoms with E-state index in [0.717, 1.165) is 66.4 Å². The van der Waals surface area contributed by atoms with Crippen molar-refractivity contribution < 1.29 is 14.3 Å². The number of nitrogens with zero attached hydrogens (tertiary/aromatic N) is 3. The summed E-state index contributed by atoms with van der Waals surface area (Å²) in [5.41, 5.74) is 6.82. The molecule has 1 saturated heterocycles. The number of aryl methyl sites for hydroxylation is 2. The summed E-state index contributed by atoms with van der Waals surface area (Å²) in [6.07, 6.45) is 0.981. The number of para-hydroxylation sites is 1. The van der Waals surface area contributed by atoms with Gasteiger partial charge in [0, 0.05) is 49.3 Å². The van der Waals surface area contributed by atoms with Gasteiger partial charge in [0.1, 0.15) is 0 Å². The summed E-state index contributed by atoms with van der Waals surface area (Å²) in [5.74, 6) is -0.251. The van der Waals surface area contributed by atoms with E-state index in [9.17, 15) is 9.59 Å². The van der Waals surface area contributed by atoms with Crippen LogP contribution in [0.1, 0.15) is 44.9 Å². The summed E-state index contributed by atoms with van der Waals surface area (Å²) in [6.45, 7) is 12.6. The molecule has 0 spiro atoms. The van der Waals surface area contributed by atoms with E-state index in [1.165, 1.54) is 7.11 Å². The molecule has 2 aromatic rings.